The molecule has 1 aromatic heterocycles. The van der Waals surface area contributed by atoms with Crippen molar-refractivity contribution in [2.24, 2.45) is 10.8 Å². The van der Waals surface area contributed by atoms with Gasteiger partial charge in [-0.1, -0.05) is 20.8 Å². The topological polar surface area (TPSA) is 83.7 Å². The molecular weight excluding hydrogens is 394 g/mol. The number of carbonyl (C=O) groups is 2. The molecule has 1 saturated carbocycles. The molecule has 1 amide bonds. The fraction of sp³-hybridized carbons (Fsp3) is 0.583. The van der Waals surface area contributed by atoms with Gasteiger partial charge < -0.3 is 19.8 Å². The summed E-state index contributed by atoms with van der Waals surface area (Å²) < 4.78 is 10.2. The van der Waals surface area contributed by atoms with E-state index in [4.69, 9.17) is 9.47 Å². The predicted octanol–water partition coefficient (Wildman–Crippen LogP) is 4.19. The number of aromatic nitrogens is 1. The Morgan fingerprint density at radius 2 is 2.00 bits per heavy atom. The van der Waals surface area contributed by atoms with Gasteiger partial charge in [0.15, 0.2) is 0 Å². The molecule has 0 unspecified atom stereocenters. The Morgan fingerprint density at radius 3 is 2.71 bits per heavy atom. The Hall–Kier alpha value is -2.54. The number of ether oxygens (including phenoxy) is 2. The van der Waals surface area contributed by atoms with Crippen molar-refractivity contribution in [3.63, 3.8) is 0 Å². The van der Waals surface area contributed by atoms with E-state index in [1.807, 2.05) is 6.07 Å². The van der Waals surface area contributed by atoms with Crippen LogP contribution in [0.3, 0.4) is 0 Å². The third kappa shape index (κ3) is 4.28. The molecule has 1 aromatic carbocycles. The SMILES string of the molecule is COC(=O)c1[nH]c2cc(OC)ccc2c1NC(=O)CCN1C[C@]2(C)C[C@@H]1CC(C)(C)C2. The largest absolute Gasteiger partial charge is 0.497 e. The minimum Gasteiger partial charge on any atom is -0.497 e. The van der Waals surface area contributed by atoms with Crippen molar-refractivity contribution in [1.29, 1.82) is 0 Å². The molecule has 4 rings (SSSR count). The zero-order chi connectivity index (χ0) is 22.4. The third-order valence-electron chi connectivity index (χ3n) is 6.81. The van der Waals surface area contributed by atoms with Gasteiger partial charge in [0, 0.05) is 37.0 Å². The lowest BCUT2D eigenvalue weighted by atomic mass is 9.65. The fourth-order valence-electron chi connectivity index (χ4n) is 5.97. The van der Waals surface area contributed by atoms with Crippen molar-refractivity contribution in [1.82, 2.24) is 9.88 Å². The first-order valence-corrected chi connectivity index (χ1v) is 10.9. The zero-order valence-electron chi connectivity index (χ0n) is 19.1. The molecule has 2 bridgehead atoms. The summed E-state index contributed by atoms with van der Waals surface area (Å²) in [5.41, 5.74) is 2.11. The predicted molar refractivity (Wildman–Crippen MR) is 121 cm³/mol. The van der Waals surface area contributed by atoms with Crippen molar-refractivity contribution in [2.75, 3.05) is 32.6 Å². The number of likely N-dealkylation sites (tertiary alicyclic amines) is 1. The smallest absolute Gasteiger partial charge is 0.356 e. The highest BCUT2D eigenvalue weighted by molar-refractivity contribution is 6.11. The summed E-state index contributed by atoms with van der Waals surface area (Å²) in [4.78, 5) is 30.7. The number of aromatic amines is 1. The minimum absolute atomic E-state index is 0.104. The molecule has 7 heteroatoms. The van der Waals surface area contributed by atoms with Crippen LogP contribution >= 0.6 is 0 Å². The van der Waals surface area contributed by atoms with Gasteiger partial charge in [-0.2, -0.15) is 0 Å². The van der Waals surface area contributed by atoms with Crippen LogP contribution in [0, 0.1) is 10.8 Å². The summed E-state index contributed by atoms with van der Waals surface area (Å²) >= 11 is 0. The molecule has 0 spiro atoms. The van der Waals surface area contributed by atoms with Gasteiger partial charge in [-0.3, -0.25) is 9.69 Å². The third-order valence-corrected chi connectivity index (χ3v) is 6.81. The maximum atomic E-state index is 12.9. The standard InChI is InChI=1S/C24H33N3O4/c1-23(2)11-15-12-24(3,13-23)14-27(15)9-8-19(28)26-20-17-7-6-16(30-4)10-18(17)25-21(20)22(29)31-5/h6-7,10,15,25H,8-9,11-14H2,1-5H3,(H,26,28)/t15-,24+/m0/s1. The Morgan fingerprint density at radius 1 is 1.23 bits per heavy atom. The van der Waals surface area contributed by atoms with Gasteiger partial charge in [0.05, 0.1) is 25.4 Å². The molecular formula is C24H33N3O4. The van der Waals surface area contributed by atoms with Crippen molar-refractivity contribution < 1.29 is 19.1 Å². The number of fused-ring (bicyclic) bond motifs is 3. The van der Waals surface area contributed by atoms with Crippen LogP contribution in [0.4, 0.5) is 5.69 Å². The number of benzene rings is 1. The van der Waals surface area contributed by atoms with Gasteiger partial charge in [-0.15, -0.1) is 0 Å². The summed E-state index contributed by atoms with van der Waals surface area (Å²) in [7, 11) is 2.91. The summed E-state index contributed by atoms with van der Waals surface area (Å²) in [5.74, 6) is 0.0429. The second-order valence-electron chi connectivity index (χ2n) is 10.3. The van der Waals surface area contributed by atoms with E-state index >= 15 is 0 Å². The highest BCUT2D eigenvalue weighted by Gasteiger charge is 2.49. The van der Waals surface area contributed by atoms with E-state index in [2.05, 4.69) is 36.0 Å². The van der Waals surface area contributed by atoms with Gasteiger partial charge in [-0.25, -0.2) is 4.79 Å². The second kappa shape index (κ2) is 7.86. The van der Waals surface area contributed by atoms with Crippen LogP contribution in [0.15, 0.2) is 18.2 Å². The number of H-pyrrole nitrogens is 1. The van der Waals surface area contributed by atoms with E-state index in [0.29, 0.717) is 40.2 Å². The van der Waals surface area contributed by atoms with Crippen LogP contribution in [-0.2, 0) is 9.53 Å². The normalized spacial score (nSPS) is 24.9. The number of hydrogen-bond donors (Lipinski definition) is 2. The van der Waals surface area contributed by atoms with Crippen LogP contribution in [0.2, 0.25) is 0 Å². The molecule has 0 radical (unpaired) electrons. The van der Waals surface area contributed by atoms with Crippen LogP contribution in [-0.4, -0.2) is 55.1 Å². The highest BCUT2D eigenvalue weighted by Crippen LogP contribution is 2.52. The summed E-state index contributed by atoms with van der Waals surface area (Å²) in [6, 6.07) is 5.98. The lowest BCUT2D eigenvalue weighted by molar-refractivity contribution is -0.116. The Kier molecular flexibility index (Phi) is 5.50. The second-order valence-corrected chi connectivity index (χ2v) is 10.3. The highest BCUT2D eigenvalue weighted by atomic mass is 16.5. The molecule has 2 aromatic rings. The number of nitrogens with zero attached hydrogens (tertiary/aromatic N) is 1. The first-order chi connectivity index (χ1) is 14.6. The number of esters is 1. The quantitative estimate of drug-likeness (QED) is 0.676. The number of anilines is 1. The lowest BCUT2D eigenvalue weighted by Gasteiger charge is -2.39. The molecule has 2 heterocycles. The maximum Gasteiger partial charge on any atom is 0.356 e. The number of carbonyl (C=O) groups excluding carboxylic acids is 2. The molecule has 1 aliphatic heterocycles. The van der Waals surface area contributed by atoms with Gasteiger partial charge in [0.2, 0.25) is 5.91 Å². The molecule has 2 aliphatic rings. The first kappa shape index (κ1) is 21.7. The summed E-state index contributed by atoms with van der Waals surface area (Å²) in [5, 5.41) is 3.71. The number of rotatable bonds is 6. The van der Waals surface area contributed by atoms with Gasteiger partial charge in [0.1, 0.15) is 11.4 Å². The molecule has 1 aliphatic carbocycles. The van der Waals surface area contributed by atoms with Crippen LogP contribution < -0.4 is 10.1 Å². The molecule has 168 valence electrons. The van der Waals surface area contributed by atoms with Crippen LogP contribution in [0.1, 0.15) is 56.9 Å². The summed E-state index contributed by atoms with van der Waals surface area (Å²) in [6.07, 6.45) is 4.02. The van der Waals surface area contributed by atoms with Crippen LogP contribution in [0.25, 0.3) is 10.9 Å². The molecule has 2 atom stereocenters. The zero-order valence-corrected chi connectivity index (χ0v) is 19.1. The lowest BCUT2D eigenvalue weighted by Crippen LogP contribution is -2.35. The number of hydrogen-bond acceptors (Lipinski definition) is 5. The molecule has 7 nitrogen and oxygen atoms in total. The van der Waals surface area contributed by atoms with Gasteiger partial charge in [-0.05, 0) is 42.2 Å². The average molecular weight is 428 g/mol. The molecule has 2 N–H and O–H groups in total. The van der Waals surface area contributed by atoms with E-state index in [-0.39, 0.29) is 11.6 Å². The molecule has 31 heavy (non-hydrogen) atoms. The van der Waals surface area contributed by atoms with E-state index in [1.165, 1.54) is 26.4 Å². The van der Waals surface area contributed by atoms with Crippen molar-refractivity contribution in [3.05, 3.63) is 23.9 Å². The van der Waals surface area contributed by atoms with E-state index in [1.54, 1.807) is 19.2 Å². The van der Waals surface area contributed by atoms with Crippen molar-refractivity contribution >= 4 is 28.5 Å². The van der Waals surface area contributed by atoms with Crippen molar-refractivity contribution in [3.8, 4) is 5.75 Å². The minimum atomic E-state index is -0.519. The Labute approximate surface area is 183 Å². The Balaban J connectivity index is 1.48. The number of nitrogens with one attached hydrogen (secondary N) is 2. The van der Waals surface area contributed by atoms with E-state index < -0.39 is 5.97 Å². The Bertz CT molecular complexity index is 1010. The summed E-state index contributed by atoms with van der Waals surface area (Å²) in [6.45, 7) is 8.87. The van der Waals surface area contributed by atoms with E-state index in [9.17, 15) is 9.59 Å². The number of amides is 1. The monoisotopic (exact) mass is 427 g/mol. The number of methoxy groups -OCH3 is 2. The van der Waals surface area contributed by atoms with Gasteiger partial charge in [0.25, 0.3) is 0 Å². The van der Waals surface area contributed by atoms with E-state index in [0.717, 1.165) is 18.5 Å². The maximum absolute atomic E-state index is 12.9. The first-order valence-electron chi connectivity index (χ1n) is 10.9. The van der Waals surface area contributed by atoms with Gasteiger partial charge >= 0.3 is 5.97 Å². The average Bonchev–Trinajstić information content (AvgIpc) is 3.18. The molecule has 2 fully saturated rings. The van der Waals surface area contributed by atoms with Crippen LogP contribution in [0.5, 0.6) is 5.75 Å². The van der Waals surface area contributed by atoms with Crippen molar-refractivity contribution in [2.45, 2.75) is 52.5 Å². The molecule has 1 saturated heterocycles. The fourth-order valence-corrected chi connectivity index (χ4v) is 5.97.